The predicted octanol–water partition coefficient (Wildman–Crippen LogP) is 5.53. The Bertz CT molecular complexity index is 1170. The lowest BCUT2D eigenvalue weighted by Gasteiger charge is -2.13. The Balaban J connectivity index is 1.71. The van der Waals surface area contributed by atoms with Crippen molar-refractivity contribution in [1.29, 1.82) is 0 Å². The number of aromatic nitrogens is 2. The molecule has 0 spiro atoms. The summed E-state index contributed by atoms with van der Waals surface area (Å²) in [6.45, 7) is 0. The fraction of sp³-hybridized carbons (Fsp3) is 0.0870. The van der Waals surface area contributed by atoms with E-state index in [-0.39, 0.29) is 17.3 Å². The molecule has 0 bridgehead atoms. The first-order valence-corrected chi connectivity index (χ1v) is 9.50. The highest BCUT2D eigenvalue weighted by Gasteiger charge is 2.16. The summed E-state index contributed by atoms with van der Waals surface area (Å²) in [4.78, 5) is 0. The molecule has 0 aliphatic heterocycles. The summed E-state index contributed by atoms with van der Waals surface area (Å²) < 4.78 is 15.5. The van der Waals surface area contributed by atoms with Crippen molar-refractivity contribution in [2.24, 2.45) is 0 Å². The molecule has 0 aliphatic rings. The van der Waals surface area contributed by atoms with E-state index in [1.165, 1.54) is 12.1 Å². The van der Waals surface area contributed by atoms with Crippen LogP contribution in [0.4, 0.5) is 4.39 Å². The number of hydrogen-bond donors (Lipinski definition) is 2. The number of halogens is 2. The summed E-state index contributed by atoms with van der Waals surface area (Å²) >= 11 is 6.30. The summed E-state index contributed by atoms with van der Waals surface area (Å²) in [6.07, 6.45) is 2.46. The third kappa shape index (κ3) is 3.82. The monoisotopic (exact) mass is 408 g/mol. The topological polar surface area (TPSA) is 58.3 Å². The van der Waals surface area contributed by atoms with Gasteiger partial charge in [-0.15, -0.1) is 0 Å². The van der Waals surface area contributed by atoms with Crippen LogP contribution in [-0.4, -0.2) is 20.0 Å². The second kappa shape index (κ2) is 7.97. The van der Waals surface area contributed by atoms with Crippen molar-refractivity contribution >= 4 is 11.6 Å². The van der Waals surface area contributed by atoms with Gasteiger partial charge in [-0.25, -0.2) is 9.07 Å². The molecule has 4 rings (SSSR count). The van der Waals surface area contributed by atoms with E-state index in [0.29, 0.717) is 45.9 Å². The maximum absolute atomic E-state index is 13.9. The molecule has 0 atom stereocenters. The molecular weight excluding hydrogens is 391 g/mol. The molecule has 0 unspecified atom stereocenters. The van der Waals surface area contributed by atoms with E-state index >= 15 is 0 Å². The number of phenols is 2. The van der Waals surface area contributed by atoms with Gasteiger partial charge in [-0.2, -0.15) is 5.10 Å². The first-order valence-electron chi connectivity index (χ1n) is 9.12. The molecule has 6 heteroatoms. The lowest BCUT2D eigenvalue weighted by atomic mass is 9.99. The fourth-order valence-electron chi connectivity index (χ4n) is 3.32. The van der Waals surface area contributed by atoms with Crippen molar-refractivity contribution in [3.05, 3.63) is 94.9 Å². The number of nitrogens with zero attached hydrogens (tertiary/aromatic N) is 2. The molecule has 0 radical (unpaired) electrons. The van der Waals surface area contributed by atoms with Crippen LogP contribution in [0.3, 0.4) is 0 Å². The van der Waals surface area contributed by atoms with E-state index in [9.17, 15) is 14.6 Å². The zero-order chi connectivity index (χ0) is 20.4. The van der Waals surface area contributed by atoms with E-state index in [1.54, 1.807) is 47.3 Å². The Kier molecular flexibility index (Phi) is 5.23. The van der Waals surface area contributed by atoms with Crippen LogP contribution in [0.2, 0.25) is 5.02 Å². The van der Waals surface area contributed by atoms with Crippen LogP contribution >= 0.6 is 11.6 Å². The molecule has 0 fully saturated rings. The second-order valence-electron chi connectivity index (χ2n) is 6.67. The zero-order valence-electron chi connectivity index (χ0n) is 15.4. The quantitative estimate of drug-likeness (QED) is 0.456. The third-order valence-electron chi connectivity index (χ3n) is 4.82. The van der Waals surface area contributed by atoms with Gasteiger partial charge in [0.05, 0.1) is 22.6 Å². The van der Waals surface area contributed by atoms with Crippen LogP contribution in [0.25, 0.3) is 16.9 Å². The van der Waals surface area contributed by atoms with E-state index in [4.69, 9.17) is 11.6 Å². The first-order chi connectivity index (χ1) is 14.0. The average Bonchev–Trinajstić information content (AvgIpc) is 3.18. The summed E-state index contributed by atoms with van der Waals surface area (Å²) in [5, 5.41) is 25.6. The molecule has 4 nitrogen and oxygen atoms in total. The van der Waals surface area contributed by atoms with Gasteiger partial charge in [-0.05, 0) is 54.3 Å². The van der Waals surface area contributed by atoms with Crippen LogP contribution in [0.1, 0.15) is 11.1 Å². The van der Waals surface area contributed by atoms with Crippen molar-refractivity contribution < 1.29 is 14.6 Å². The molecule has 146 valence electrons. The smallest absolute Gasteiger partial charge is 0.128 e. The number of aromatic hydroxyl groups is 2. The Hall–Kier alpha value is -3.31. The minimum Gasteiger partial charge on any atom is -0.508 e. The summed E-state index contributed by atoms with van der Waals surface area (Å²) in [5.41, 5.74) is 2.98. The molecule has 0 aliphatic carbocycles. The number of hydrogen-bond acceptors (Lipinski definition) is 3. The summed E-state index contributed by atoms with van der Waals surface area (Å²) in [7, 11) is 0. The molecule has 1 aromatic heterocycles. The maximum atomic E-state index is 13.9. The highest BCUT2D eigenvalue weighted by Crippen LogP contribution is 2.37. The molecule has 3 aromatic carbocycles. The molecular formula is C23H18ClFN2O2. The Labute approximate surface area is 172 Å². The average molecular weight is 409 g/mol. The van der Waals surface area contributed by atoms with E-state index < -0.39 is 0 Å². The van der Waals surface area contributed by atoms with Gasteiger partial charge in [0, 0.05) is 11.6 Å². The van der Waals surface area contributed by atoms with E-state index in [1.807, 2.05) is 18.2 Å². The van der Waals surface area contributed by atoms with E-state index in [2.05, 4.69) is 5.10 Å². The minimum absolute atomic E-state index is 0.0357. The van der Waals surface area contributed by atoms with Crippen LogP contribution in [0, 0.1) is 5.82 Å². The fourth-order valence-corrected chi connectivity index (χ4v) is 3.54. The molecule has 0 saturated heterocycles. The highest BCUT2D eigenvalue weighted by molar-refractivity contribution is 6.32. The van der Waals surface area contributed by atoms with Crippen molar-refractivity contribution in [1.82, 2.24) is 9.78 Å². The van der Waals surface area contributed by atoms with Gasteiger partial charge >= 0.3 is 0 Å². The zero-order valence-corrected chi connectivity index (χ0v) is 16.1. The molecule has 4 aromatic rings. The van der Waals surface area contributed by atoms with Crippen LogP contribution < -0.4 is 0 Å². The van der Waals surface area contributed by atoms with Gasteiger partial charge in [-0.1, -0.05) is 41.9 Å². The lowest BCUT2D eigenvalue weighted by molar-refractivity contribution is 0.446. The van der Waals surface area contributed by atoms with Crippen LogP contribution in [-0.2, 0) is 12.8 Å². The SMILES string of the molecule is Oc1cc(O)c(-c2ccnn2-c2ccccc2Cl)cc1CCc1ccccc1F. The van der Waals surface area contributed by atoms with Gasteiger partial charge in [0.25, 0.3) is 0 Å². The Morgan fingerprint density at radius 2 is 1.59 bits per heavy atom. The van der Waals surface area contributed by atoms with Crippen LogP contribution in [0.15, 0.2) is 72.9 Å². The van der Waals surface area contributed by atoms with Gasteiger partial charge in [-0.3, -0.25) is 0 Å². The van der Waals surface area contributed by atoms with Crippen LogP contribution in [0.5, 0.6) is 11.5 Å². The van der Waals surface area contributed by atoms with Gasteiger partial charge < -0.3 is 10.2 Å². The number of benzene rings is 3. The third-order valence-corrected chi connectivity index (χ3v) is 5.14. The Morgan fingerprint density at radius 3 is 2.38 bits per heavy atom. The van der Waals surface area contributed by atoms with E-state index in [0.717, 1.165) is 0 Å². The molecule has 0 saturated carbocycles. The van der Waals surface area contributed by atoms with Gasteiger partial charge in [0.2, 0.25) is 0 Å². The highest BCUT2D eigenvalue weighted by atomic mass is 35.5. The summed E-state index contributed by atoms with van der Waals surface area (Å²) in [6, 6.07) is 18.6. The predicted molar refractivity (Wildman–Crippen MR) is 111 cm³/mol. The van der Waals surface area contributed by atoms with Gasteiger partial charge in [0.15, 0.2) is 0 Å². The molecule has 1 heterocycles. The van der Waals surface area contributed by atoms with Gasteiger partial charge in [0.1, 0.15) is 17.3 Å². The first kappa shape index (κ1) is 19.0. The van der Waals surface area contributed by atoms with Crippen molar-refractivity contribution in [3.63, 3.8) is 0 Å². The number of para-hydroxylation sites is 1. The number of rotatable bonds is 5. The van der Waals surface area contributed by atoms with Crippen molar-refractivity contribution in [2.75, 3.05) is 0 Å². The maximum Gasteiger partial charge on any atom is 0.128 e. The van der Waals surface area contributed by atoms with Crippen molar-refractivity contribution in [3.8, 4) is 28.4 Å². The summed E-state index contributed by atoms with van der Waals surface area (Å²) in [5.74, 6) is -0.389. The minimum atomic E-state index is -0.275. The standard InChI is InChI=1S/C23H18ClFN2O2/c24-18-6-2-4-8-21(18)27-20(11-12-26-27)17-13-16(22(28)14-23(17)29)10-9-15-5-1-3-7-19(15)25/h1-8,11-14,28-29H,9-10H2. The number of aryl methyl sites for hydroxylation is 2. The largest absolute Gasteiger partial charge is 0.508 e. The normalized spacial score (nSPS) is 11.0. The van der Waals surface area contributed by atoms with Crippen molar-refractivity contribution in [2.45, 2.75) is 12.8 Å². The second-order valence-corrected chi connectivity index (χ2v) is 7.08. The Morgan fingerprint density at radius 1 is 0.862 bits per heavy atom. The number of phenolic OH excluding ortho intramolecular Hbond substituents is 2. The lowest BCUT2D eigenvalue weighted by Crippen LogP contribution is -2.01. The molecule has 0 amide bonds. The molecule has 29 heavy (non-hydrogen) atoms. The molecule has 2 N–H and O–H groups in total.